The third kappa shape index (κ3) is 4.47. The molecule has 2 nitrogen and oxygen atoms in total. The zero-order chi connectivity index (χ0) is 12.1. The van der Waals surface area contributed by atoms with Gasteiger partial charge in [0.15, 0.2) is 0 Å². The van der Waals surface area contributed by atoms with Crippen LogP contribution in [-0.2, 0) is 0 Å². The van der Waals surface area contributed by atoms with Gasteiger partial charge >= 0.3 is 0 Å². The first-order chi connectivity index (χ1) is 6.95. The number of alkyl halides is 1. The maximum Gasteiger partial charge on any atom is 0.128 e. The fourth-order valence-corrected chi connectivity index (χ4v) is 1.84. The Bertz CT molecular complexity index is 165. The van der Waals surface area contributed by atoms with Gasteiger partial charge in [-0.15, -0.1) is 0 Å². The summed E-state index contributed by atoms with van der Waals surface area (Å²) < 4.78 is 13.5. The normalized spacial score (nSPS) is 28.2. The fraction of sp³-hybridized carbons (Fsp3) is 1.00. The van der Waals surface area contributed by atoms with Crippen LogP contribution in [0.1, 0.15) is 41.0 Å². The topological polar surface area (TPSA) is 15.3 Å². The highest BCUT2D eigenvalue weighted by Gasteiger charge is 2.32. The number of rotatable bonds is 1. The van der Waals surface area contributed by atoms with Crippen LogP contribution in [0.3, 0.4) is 0 Å². The van der Waals surface area contributed by atoms with Gasteiger partial charge in [-0.2, -0.15) is 0 Å². The Hall–Kier alpha value is -0.150. The van der Waals surface area contributed by atoms with Gasteiger partial charge in [-0.25, -0.2) is 4.39 Å². The van der Waals surface area contributed by atoms with Gasteiger partial charge in [0, 0.05) is 24.7 Å². The first-order valence-electron chi connectivity index (χ1n) is 6.01. The molecule has 0 aromatic heterocycles. The van der Waals surface area contributed by atoms with Crippen molar-refractivity contribution in [2.45, 2.75) is 58.8 Å². The Morgan fingerprint density at radius 2 is 1.80 bits per heavy atom. The summed E-state index contributed by atoms with van der Waals surface area (Å²) in [5, 5.41) is 3.02. The SMILES string of the molecule is CC.CNC1CCN(C(C)(C)C)CC1F. The van der Waals surface area contributed by atoms with Crippen molar-refractivity contribution in [2.75, 3.05) is 20.1 Å². The van der Waals surface area contributed by atoms with Crippen molar-refractivity contribution < 1.29 is 4.39 Å². The minimum atomic E-state index is -0.724. The van der Waals surface area contributed by atoms with Gasteiger partial charge in [-0.3, -0.25) is 4.90 Å². The summed E-state index contributed by atoms with van der Waals surface area (Å²) in [5.41, 5.74) is 0.100. The van der Waals surface area contributed by atoms with Crippen molar-refractivity contribution in [1.82, 2.24) is 10.2 Å². The number of hydrogen-bond donors (Lipinski definition) is 1. The number of hydrogen-bond acceptors (Lipinski definition) is 2. The van der Waals surface area contributed by atoms with Gasteiger partial charge in [0.25, 0.3) is 0 Å². The summed E-state index contributed by atoms with van der Waals surface area (Å²) in [6, 6.07) is 0.0543. The van der Waals surface area contributed by atoms with Crippen LogP contribution in [0.25, 0.3) is 0 Å². The van der Waals surface area contributed by atoms with E-state index in [0.717, 1.165) is 13.0 Å². The van der Waals surface area contributed by atoms with Gasteiger partial charge in [0.2, 0.25) is 0 Å². The molecule has 0 aliphatic carbocycles. The Morgan fingerprint density at radius 3 is 2.13 bits per heavy atom. The zero-order valence-electron chi connectivity index (χ0n) is 11.1. The maximum absolute atomic E-state index is 13.5. The molecule has 2 unspecified atom stereocenters. The van der Waals surface area contributed by atoms with Crippen LogP contribution in [0, 0.1) is 0 Å². The van der Waals surface area contributed by atoms with E-state index in [4.69, 9.17) is 0 Å². The highest BCUT2D eigenvalue weighted by Crippen LogP contribution is 2.21. The van der Waals surface area contributed by atoms with E-state index < -0.39 is 6.17 Å². The standard InChI is InChI=1S/C10H21FN2.C2H6/c1-10(2,3)13-6-5-9(12-4)8(11)7-13;1-2/h8-9,12H,5-7H2,1-4H3;1-2H3. The highest BCUT2D eigenvalue weighted by atomic mass is 19.1. The number of nitrogens with one attached hydrogen (secondary N) is 1. The van der Waals surface area contributed by atoms with E-state index in [9.17, 15) is 4.39 Å². The van der Waals surface area contributed by atoms with Crippen molar-refractivity contribution in [3.63, 3.8) is 0 Å². The molecule has 1 aliphatic heterocycles. The van der Waals surface area contributed by atoms with Gasteiger partial charge in [-0.05, 0) is 34.2 Å². The van der Waals surface area contributed by atoms with Crippen molar-refractivity contribution >= 4 is 0 Å². The highest BCUT2D eigenvalue weighted by molar-refractivity contribution is 4.89. The van der Waals surface area contributed by atoms with Crippen molar-refractivity contribution in [3.8, 4) is 0 Å². The second-order valence-electron chi connectivity index (χ2n) is 4.82. The van der Waals surface area contributed by atoms with E-state index in [-0.39, 0.29) is 11.6 Å². The molecule has 92 valence electrons. The zero-order valence-corrected chi connectivity index (χ0v) is 11.1. The summed E-state index contributed by atoms with van der Waals surface area (Å²) in [5.74, 6) is 0. The van der Waals surface area contributed by atoms with Gasteiger partial charge in [-0.1, -0.05) is 13.8 Å². The van der Waals surface area contributed by atoms with Crippen LogP contribution in [0.4, 0.5) is 4.39 Å². The molecule has 1 aliphatic rings. The molecule has 0 saturated carbocycles. The largest absolute Gasteiger partial charge is 0.314 e. The van der Waals surface area contributed by atoms with Gasteiger partial charge in [0.05, 0.1) is 0 Å². The van der Waals surface area contributed by atoms with Crippen LogP contribution < -0.4 is 5.32 Å². The van der Waals surface area contributed by atoms with Crippen molar-refractivity contribution in [3.05, 3.63) is 0 Å². The molecule has 1 saturated heterocycles. The van der Waals surface area contributed by atoms with Crippen molar-refractivity contribution in [1.29, 1.82) is 0 Å². The molecule has 0 spiro atoms. The molecule has 3 heteroatoms. The molecule has 1 heterocycles. The Morgan fingerprint density at radius 1 is 1.27 bits per heavy atom. The van der Waals surface area contributed by atoms with E-state index in [2.05, 4.69) is 31.0 Å². The Labute approximate surface area is 94.2 Å². The molecule has 1 fully saturated rings. The first kappa shape index (κ1) is 14.8. The second-order valence-corrected chi connectivity index (χ2v) is 4.82. The van der Waals surface area contributed by atoms with E-state index in [1.165, 1.54) is 0 Å². The first-order valence-corrected chi connectivity index (χ1v) is 6.01. The lowest BCUT2D eigenvalue weighted by atomic mass is 9.97. The molecule has 15 heavy (non-hydrogen) atoms. The summed E-state index contributed by atoms with van der Waals surface area (Å²) in [6.07, 6.45) is 0.188. The number of nitrogens with zero attached hydrogens (tertiary/aromatic N) is 1. The predicted octanol–water partition coefficient (Wildman–Crippen LogP) is 2.44. The lowest BCUT2D eigenvalue weighted by molar-refractivity contribution is 0.0438. The molecule has 0 radical (unpaired) electrons. The minimum Gasteiger partial charge on any atom is -0.314 e. The van der Waals surface area contributed by atoms with E-state index >= 15 is 0 Å². The van der Waals surface area contributed by atoms with Crippen LogP contribution in [-0.4, -0.2) is 42.8 Å². The van der Waals surface area contributed by atoms with Crippen LogP contribution in [0.15, 0.2) is 0 Å². The Kier molecular flexibility index (Phi) is 6.37. The molecule has 0 aromatic carbocycles. The lowest BCUT2D eigenvalue weighted by Gasteiger charge is -2.42. The van der Waals surface area contributed by atoms with E-state index in [1.54, 1.807) is 0 Å². The lowest BCUT2D eigenvalue weighted by Crippen LogP contribution is -2.55. The summed E-state index contributed by atoms with van der Waals surface area (Å²) in [4.78, 5) is 2.21. The van der Waals surface area contributed by atoms with Gasteiger partial charge < -0.3 is 5.32 Å². The molecule has 1 N–H and O–H groups in total. The second kappa shape index (κ2) is 6.44. The summed E-state index contributed by atoms with van der Waals surface area (Å²) in [6.45, 7) is 12.0. The number of likely N-dealkylation sites (tertiary alicyclic amines) is 1. The third-order valence-corrected chi connectivity index (χ3v) is 2.86. The molecular formula is C12H27FN2. The summed E-state index contributed by atoms with van der Waals surface area (Å²) in [7, 11) is 1.84. The average molecular weight is 218 g/mol. The monoisotopic (exact) mass is 218 g/mol. The number of piperidine rings is 1. The van der Waals surface area contributed by atoms with Crippen LogP contribution >= 0.6 is 0 Å². The molecular weight excluding hydrogens is 191 g/mol. The third-order valence-electron chi connectivity index (χ3n) is 2.86. The Balaban J connectivity index is 0.000000921. The number of halogens is 1. The van der Waals surface area contributed by atoms with Crippen LogP contribution in [0.5, 0.6) is 0 Å². The predicted molar refractivity (Wildman–Crippen MR) is 65.0 cm³/mol. The van der Waals surface area contributed by atoms with Gasteiger partial charge in [0.1, 0.15) is 6.17 Å². The summed E-state index contributed by atoms with van der Waals surface area (Å²) >= 11 is 0. The maximum atomic E-state index is 13.5. The quantitative estimate of drug-likeness (QED) is 0.727. The molecule has 0 amide bonds. The molecule has 2 atom stereocenters. The van der Waals surface area contributed by atoms with Crippen molar-refractivity contribution in [2.24, 2.45) is 0 Å². The molecule has 0 aromatic rings. The van der Waals surface area contributed by atoms with E-state index in [1.807, 2.05) is 20.9 Å². The van der Waals surface area contributed by atoms with E-state index in [0.29, 0.717) is 6.54 Å². The minimum absolute atomic E-state index is 0.0543. The van der Waals surface area contributed by atoms with Crippen LogP contribution in [0.2, 0.25) is 0 Å². The smallest absolute Gasteiger partial charge is 0.128 e. The molecule has 1 rings (SSSR count). The fourth-order valence-electron chi connectivity index (χ4n) is 1.84. The molecule has 0 bridgehead atoms. The average Bonchev–Trinajstić information content (AvgIpc) is 2.19.